The van der Waals surface area contributed by atoms with Crippen molar-refractivity contribution in [2.45, 2.75) is 33.9 Å². The maximum atomic E-state index is 14.0. The maximum Gasteiger partial charge on any atom is 0.260 e. The molecule has 0 saturated carbocycles. The molecule has 1 aromatic carbocycles. The number of nitrogens with one attached hydrogen (secondary N) is 1. The molecule has 3 rings (SSSR count). The molecule has 27 heavy (non-hydrogen) atoms. The van der Waals surface area contributed by atoms with E-state index >= 15 is 0 Å². The van der Waals surface area contributed by atoms with E-state index in [4.69, 9.17) is 11.6 Å². The molecule has 0 fully saturated rings. The summed E-state index contributed by atoms with van der Waals surface area (Å²) in [5.41, 5.74) is 2.31. The molecule has 2 heterocycles. The van der Waals surface area contributed by atoms with Gasteiger partial charge in [-0.2, -0.15) is 10.2 Å². The minimum absolute atomic E-state index is 0.145. The van der Waals surface area contributed by atoms with Gasteiger partial charge in [-0.05, 0) is 48.8 Å². The topological polar surface area (TPSA) is 64.7 Å². The van der Waals surface area contributed by atoms with Gasteiger partial charge in [-0.1, -0.05) is 17.7 Å². The summed E-state index contributed by atoms with van der Waals surface area (Å²) in [5.74, 6) is -0.354. The number of anilines is 1. The molecule has 0 bridgehead atoms. The molecule has 0 spiro atoms. The SMILES string of the molecule is CCn1nc(C)c(C(=O)Nc2nn(Cc3c(F)cccc3Cl)cc2Br)c1C. The number of nitrogens with zero attached hydrogens (tertiary/aromatic N) is 4. The Labute approximate surface area is 169 Å². The summed E-state index contributed by atoms with van der Waals surface area (Å²) in [7, 11) is 0. The fraction of sp³-hybridized carbons (Fsp3) is 0.278. The highest BCUT2D eigenvalue weighted by molar-refractivity contribution is 9.10. The zero-order valence-corrected chi connectivity index (χ0v) is 17.4. The van der Waals surface area contributed by atoms with Crippen LogP contribution in [0.4, 0.5) is 10.2 Å². The Hall–Kier alpha value is -2.19. The van der Waals surface area contributed by atoms with Crippen molar-refractivity contribution in [3.05, 3.63) is 62.2 Å². The second kappa shape index (κ2) is 7.82. The smallest absolute Gasteiger partial charge is 0.260 e. The molecule has 1 amide bonds. The van der Waals surface area contributed by atoms with Crippen molar-refractivity contribution >= 4 is 39.3 Å². The van der Waals surface area contributed by atoms with Crippen LogP contribution in [0.3, 0.4) is 0 Å². The van der Waals surface area contributed by atoms with Crippen LogP contribution >= 0.6 is 27.5 Å². The third-order valence-electron chi connectivity index (χ3n) is 4.24. The number of aromatic nitrogens is 4. The van der Waals surface area contributed by atoms with Crippen molar-refractivity contribution < 1.29 is 9.18 Å². The first-order valence-electron chi connectivity index (χ1n) is 8.33. The van der Waals surface area contributed by atoms with Crippen LogP contribution < -0.4 is 5.32 Å². The summed E-state index contributed by atoms with van der Waals surface area (Å²) in [4.78, 5) is 12.7. The fourth-order valence-electron chi connectivity index (χ4n) is 2.91. The van der Waals surface area contributed by atoms with E-state index in [1.807, 2.05) is 13.8 Å². The normalized spacial score (nSPS) is 11.0. The van der Waals surface area contributed by atoms with Gasteiger partial charge in [0, 0.05) is 29.0 Å². The molecule has 0 atom stereocenters. The number of hydrogen-bond acceptors (Lipinski definition) is 3. The third-order valence-corrected chi connectivity index (χ3v) is 5.17. The molecular formula is C18H18BrClFN5O. The Morgan fingerprint density at radius 3 is 2.70 bits per heavy atom. The minimum Gasteiger partial charge on any atom is -0.304 e. The Balaban J connectivity index is 1.83. The van der Waals surface area contributed by atoms with Gasteiger partial charge >= 0.3 is 0 Å². The maximum absolute atomic E-state index is 14.0. The van der Waals surface area contributed by atoms with E-state index in [1.54, 1.807) is 29.9 Å². The molecule has 9 heteroatoms. The van der Waals surface area contributed by atoms with Crippen molar-refractivity contribution in [2.24, 2.45) is 0 Å². The van der Waals surface area contributed by atoms with Crippen LogP contribution in [0.25, 0.3) is 0 Å². The minimum atomic E-state index is -0.405. The summed E-state index contributed by atoms with van der Waals surface area (Å²) in [5, 5.41) is 11.8. The van der Waals surface area contributed by atoms with Crippen LogP contribution in [0, 0.1) is 19.7 Å². The summed E-state index contributed by atoms with van der Waals surface area (Å²) in [6, 6.07) is 4.52. The lowest BCUT2D eigenvalue weighted by atomic mass is 10.2. The first-order valence-corrected chi connectivity index (χ1v) is 9.50. The Morgan fingerprint density at radius 2 is 2.07 bits per heavy atom. The highest BCUT2D eigenvalue weighted by Gasteiger charge is 2.20. The number of halogens is 3. The van der Waals surface area contributed by atoms with Crippen LogP contribution in [0.5, 0.6) is 0 Å². The summed E-state index contributed by atoms with van der Waals surface area (Å²) in [6.45, 7) is 6.44. The van der Waals surface area contributed by atoms with Gasteiger partial charge in [0.15, 0.2) is 5.82 Å². The zero-order valence-electron chi connectivity index (χ0n) is 15.1. The highest BCUT2D eigenvalue weighted by atomic mass is 79.9. The third kappa shape index (κ3) is 3.91. The zero-order chi connectivity index (χ0) is 19.7. The van der Waals surface area contributed by atoms with Crippen LogP contribution in [-0.2, 0) is 13.1 Å². The molecule has 0 aliphatic carbocycles. The molecule has 0 unspecified atom stereocenters. The largest absolute Gasteiger partial charge is 0.304 e. The van der Waals surface area contributed by atoms with Gasteiger partial charge in [-0.25, -0.2) is 4.39 Å². The summed E-state index contributed by atoms with van der Waals surface area (Å²) >= 11 is 9.45. The van der Waals surface area contributed by atoms with Gasteiger partial charge in [0.05, 0.1) is 22.3 Å². The van der Waals surface area contributed by atoms with E-state index in [9.17, 15) is 9.18 Å². The summed E-state index contributed by atoms with van der Waals surface area (Å²) in [6.07, 6.45) is 1.66. The average molecular weight is 455 g/mol. The lowest BCUT2D eigenvalue weighted by Gasteiger charge is -2.06. The molecular weight excluding hydrogens is 437 g/mol. The van der Waals surface area contributed by atoms with Crippen molar-refractivity contribution in [1.29, 1.82) is 0 Å². The first-order chi connectivity index (χ1) is 12.8. The van der Waals surface area contributed by atoms with Crippen molar-refractivity contribution in [2.75, 3.05) is 5.32 Å². The number of aryl methyl sites for hydroxylation is 2. The quantitative estimate of drug-likeness (QED) is 0.614. The van der Waals surface area contributed by atoms with E-state index in [0.29, 0.717) is 38.7 Å². The van der Waals surface area contributed by atoms with Crippen LogP contribution in [-0.4, -0.2) is 25.5 Å². The standard InChI is InChI=1S/C18H18BrClFN5O/c1-4-26-11(3)16(10(2)23-26)18(27)22-17-13(19)9-25(24-17)8-12-14(20)6-5-7-15(12)21/h5-7,9H,4,8H2,1-3H3,(H,22,24,27). The van der Waals surface area contributed by atoms with Gasteiger partial charge in [-0.15, -0.1) is 0 Å². The van der Waals surface area contributed by atoms with Crippen LogP contribution in [0.2, 0.25) is 5.02 Å². The molecule has 3 aromatic rings. The highest BCUT2D eigenvalue weighted by Crippen LogP contribution is 2.25. The number of rotatable bonds is 5. The molecule has 0 aliphatic heterocycles. The lowest BCUT2D eigenvalue weighted by molar-refractivity contribution is 0.102. The Bertz CT molecular complexity index is 993. The van der Waals surface area contributed by atoms with Gasteiger partial charge < -0.3 is 5.32 Å². The van der Waals surface area contributed by atoms with Gasteiger partial charge in [0.25, 0.3) is 5.91 Å². The van der Waals surface area contributed by atoms with Gasteiger partial charge in [0.1, 0.15) is 5.82 Å². The van der Waals surface area contributed by atoms with E-state index in [2.05, 4.69) is 31.4 Å². The van der Waals surface area contributed by atoms with E-state index in [0.717, 1.165) is 5.69 Å². The molecule has 0 saturated heterocycles. The number of benzene rings is 1. The van der Waals surface area contributed by atoms with Crippen molar-refractivity contribution in [1.82, 2.24) is 19.6 Å². The van der Waals surface area contributed by atoms with E-state index < -0.39 is 5.82 Å². The Kier molecular flexibility index (Phi) is 5.67. The fourth-order valence-corrected chi connectivity index (χ4v) is 3.55. The molecule has 6 nitrogen and oxygen atoms in total. The number of amides is 1. The van der Waals surface area contributed by atoms with Crippen molar-refractivity contribution in [3.63, 3.8) is 0 Å². The van der Waals surface area contributed by atoms with E-state index in [1.165, 1.54) is 10.7 Å². The molecule has 142 valence electrons. The average Bonchev–Trinajstić information content (AvgIpc) is 3.09. The Morgan fingerprint density at radius 1 is 1.33 bits per heavy atom. The number of hydrogen-bond donors (Lipinski definition) is 1. The van der Waals surface area contributed by atoms with Crippen molar-refractivity contribution in [3.8, 4) is 0 Å². The van der Waals surface area contributed by atoms with E-state index in [-0.39, 0.29) is 12.5 Å². The predicted octanol–water partition coefficient (Wildman–Crippen LogP) is 4.57. The monoisotopic (exact) mass is 453 g/mol. The summed E-state index contributed by atoms with van der Waals surface area (Å²) < 4.78 is 17.9. The van der Waals surface area contributed by atoms with Crippen LogP contribution in [0.1, 0.15) is 34.2 Å². The van der Waals surface area contributed by atoms with Gasteiger partial charge in [0.2, 0.25) is 0 Å². The number of carbonyl (C=O) groups is 1. The molecule has 2 aromatic heterocycles. The lowest BCUT2D eigenvalue weighted by Crippen LogP contribution is -2.15. The number of carbonyl (C=O) groups excluding carboxylic acids is 1. The van der Waals surface area contributed by atoms with Gasteiger partial charge in [-0.3, -0.25) is 14.2 Å². The first kappa shape index (κ1) is 19.6. The molecule has 0 aliphatic rings. The molecule has 1 N–H and O–H groups in total. The van der Waals surface area contributed by atoms with Crippen LogP contribution in [0.15, 0.2) is 28.9 Å². The predicted molar refractivity (Wildman–Crippen MR) is 106 cm³/mol. The second-order valence-electron chi connectivity index (χ2n) is 6.04. The molecule has 0 radical (unpaired) electrons. The second-order valence-corrected chi connectivity index (χ2v) is 7.30.